The first-order chi connectivity index (χ1) is 8.83. The molecule has 0 aromatic heterocycles. The van der Waals surface area contributed by atoms with Crippen molar-refractivity contribution in [2.24, 2.45) is 0 Å². The van der Waals surface area contributed by atoms with E-state index in [1.165, 1.54) is 0 Å². The van der Waals surface area contributed by atoms with E-state index in [4.69, 9.17) is 4.74 Å². The summed E-state index contributed by atoms with van der Waals surface area (Å²) in [4.78, 5) is 10.6. The standard InChI is InChI=1S/C16H14O2/c1-2-16(14-6-4-3-5-7-14)18-15-10-8-13(12-17)9-11-15/h2-12,16H,1H2/t16-/m1/s1. The average Bonchev–Trinajstić information content (AvgIpc) is 2.46. The zero-order valence-corrected chi connectivity index (χ0v) is 9.95. The number of benzene rings is 2. The largest absolute Gasteiger partial charge is 0.482 e. The van der Waals surface area contributed by atoms with Crippen LogP contribution in [0.4, 0.5) is 0 Å². The van der Waals surface area contributed by atoms with Crippen molar-refractivity contribution in [3.63, 3.8) is 0 Å². The van der Waals surface area contributed by atoms with E-state index in [1.54, 1.807) is 30.3 Å². The maximum Gasteiger partial charge on any atom is 0.150 e. The molecule has 0 saturated heterocycles. The van der Waals surface area contributed by atoms with E-state index in [9.17, 15) is 4.79 Å². The number of hydrogen-bond acceptors (Lipinski definition) is 2. The Balaban J connectivity index is 2.15. The van der Waals surface area contributed by atoms with Gasteiger partial charge in [0.05, 0.1) is 0 Å². The second kappa shape index (κ2) is 5.82. The lowest BCUT2D eigenvalue weighted by Crippen LogP contribution is -2.04. The molecule has 0 fully saturated rings. The second-order valence-electron chi connectivity index (χ2n) is 3.87. The molecule has 0 aliphatic heterocycles. The molecule has 0 aliphatic carbocycles. The minimum Gasteiger partial charge on any atom is -0.482 e. The van der Waals surface area contributed by atoms with Crippen LogP contribution in [0.15, 0.2) is 67.3 Å². The molecule has 2 aromatic rings. The summed E-state index contributed by atoms with van der Waals surface area (Å²) in [5, 5.41) is 0. The van der Waals surface area contributed by atoms with Crippen molar-refractivity contribution in [1.29, 1.82) is 0 Å². The van der Waals surface area contributed by atoms with Gasteiger partial charge in [0, 0.05) is 5.56 Å². The van der Waals surface area contributed by atoms with Gasteiger partial charge < -0.3 is 4.74 Å². The van der Waals surface area contributed by atoms with E-state index >= 15 is 0 Å². The van der Waals surface area contributed by atoms with Crippen LogP contribution >= 0.6 is 0 Å². The Kier molecular flexibility index (Phi) is 3.92. The van der Waals surface area contributed by atoms with Gasteiger partial charge in [0.1, 0.15) is 18.1 Å². The van der Waals surface area contributed by atoms with E-state index < -0.39 is 0 Å². The zero-order valence-electron chi connectivity index (χ0n) is 9.95. The van der Waals surface area contributed by atoms with Gasteiger partial charge in [0.25, 0.3) is 0 Å². The van der Waals surface area contributed by atoms with Gasteiger partial charge in [-0.1, -0.05) is 36.9 Å². The topological polar surface area (TPSA) is 26.3 Å². The minimum atomic E-state index is -0.187. The van der Waals surface area contributed by atoms with Gasteiger partial charge >= 0.3 is 0 Å². The van der Waals surface area contributed by atoms with Gasteiger partial charge in [-0.3, -0.25) is 4.79 Å². The Morgan fingerprint density at radius 3 is 2.22 bits per heavy atom. The number of carbonyl (C=O) groups is 1. The molecular weight excluding hydrogens is 224 g/mol. The van der Waals surface area contributed by atoms with Gasteiger partial charge in [-0.25, -0.2) is 0 Å². The second-order valence-corrected chi connectivity index (χ2v) is 3.87. The van der Waals surface area contributed by atoms with E-state index in [0.717, 1.165) is 11.8 Å². The third-order valence-electron chi connectivity index (χ3n) is 2.62. The van der Waals surface area contributed by atoms with Crippen molar-refractivity contribution in [3.8, 4) is 5.75 Å². The van der Waals surface area contributed by atoms with Crippen LogP contribution in [0.3, 0.4) is 0 Å². The fraction of sp³-hybridized carbons (Fsp3) is 0.0625. The lowest BCUT2D eigenvalue weighted by atomic mass is 10.1. The molecule has 0 saturated carbocycles. The SMILES string of the molecule is C=C[C@@H](Oc1ccc(C=O)cc1)c1ccccc1. The van der Waals surface area contributed by atoms with Crippen LogP contribution in [0.25, 0.3) is 0 Å². The molecule has 0 unspecified atom stereocenters. The number of hydrogen-bond donors (Lipinski definition) is 0. The van der Waals surface area contributed by atoms with Crippen molar-refractivity contribution in [3.05, 3.63) is 78.4 Å². The Hall–Kier alpha value is -2.35. The highest BCUT2D eigenvalue weighted by Crippen LogP contribution is 2.22. The molecule has 2 rings (SSSR count). The first-order valence-electron chi connectivity index (χ1n) is 5.73. The quantitative estimate of drug-likeness (QED) is 0.585. The molecule has 0 amide bonds. The Bertz CT molecular complexity index is 515. The Morgan fingerprint density at radius 2 is 1.67 bits per heavy atom. The maximum atomic E-state index is 10.6. The van der Waals surface area contributed by atoms with Crippen molar-refractivity contribution in [2.45, 2.75) is 6.10 Å². The predicted octanol–water partition coefficient (Wildman–Crippen LogP) is 3.81. The normalized spacial score (nSPS) is 11.6. The smallest absolute Gasteiger partial charge is 0.150 e. The summed E-state index contributed by atoms with van der Waals surface area (Å²) in [5.74, 6) is 0.717. The summed E-state index contributed by atoms with van der Waals surface area (Å²) in [5.41, 5.74) is 1.68. The molecular formula is C16H14O2. The molecule has 18 heavy (non-hydrogen) atoms. The number of aldehydes is 1. The van der Waals surface area contributed by atoms with Gasteiger partial charge in [0.15, 0.2) is 0 Å². The summed E-state index contributed by atoms with van der Waals surface area (Å²) in [6, 6.07) is 16.9. The minimum absolute atomic E-state index is 0.187. The number of carbonyl (C=O) groups excluding carboxylic acids is 1. The number of ether oxygens (including phenoxy) is 1. The molecule has 0 bridgehead atoms. The third-order valence-corrected chi connectivity index (χ3v) is 2.62. The highest BCUT2D eigenvalue weighted by Gasteiger charge is 2.08. The lowest BCUT2D eigenvalue weighted by Gasteiger charge is -2.15. The van der Waals surface area contributed by atoms with Crippen LogP contribution in [-0.4, -0.2) is 6.29 Å². The van der Waals surface area contributed by atoms with Crippen molar-refractivity contribution in [1.82, 2.24) is 0 Å². The van der Waals surface area contributed by atoms with E-state index in [-0.39, 0.29) is 6.10 Å². The molecule has 1 atom stereocenters. The van der Waals surface area contributed by atoms with E-state index in [1.807, 2.05) is 30.3 Å². The van der Waals surface area contributed by atoms with Crippen LogP contribution in [0.5, 0.6) is 5.75 Å². The van der Waals surface area contributed by atoms with Crippen LogP contribution in [0.1, 0.15) is 22.0 Å². The first-order valence-corrected chi connectivity index (χ1v) is 5.73. The van der Waals surface area contributed by atoms with Gasteiger partial charge in [-0.05, 0) is 35.9 Å². The molecule has 0 spiro atoms. The van der Waals surface area contributed by atoms with Gasteiger partial charge in [-0.2, -0.15) is 0 Å². The molecule has 0 heterocycles. The zero-order chi connectivity index (χ0) is 12.8. The van der Waals surface area contributed by atoms with Crippen LogP contribution in [0, 0.1) is 0 Å². The summed E-state index contributed by atoms with van der Waals surface area (Å²) in [7, 11) is 0. The molecule has 0 N–H and O–H groups in total. The summed E-state index contributed by atoms with van der Waals surface area (Å²) in [6.45, 7) is 3.79. The van der Waals surface area contributed by atoms with Crippen molar-refractivity contribution in [2.75, 3.05) is 0 Å². The van der Waals surface area contributed by atoms with E-state index in [0.29, 0.717) is 11.3 Å². The van der Waals surface area contributed by atoms with Crippen molar-refractivity contribution < 1.29 is 9.53 Å². The van der Waals surface area contributed by atoms with Crippen molar-refractivity contribution >= 4 is 6.29 Å². The first kappa shape index (κ1) is 12.1. The summed E-state index contributed by atoms with van der Waals surface area (Å²) in [6.07, 6.45) is 2.38. The number of rotatable bonds is 5. The predicted molar refractivity (Wildman–Crippen MR) is 71.8 cm³/mol. The molecule has 2 aromatic carbocycles. The summed E-state index contributed by atoms with van der Waals surface area (Å²) < 4.78 is 5.82. The summed E-state index contributed by atoms with van der Waals surface area (Å²) >= 11 is 0. The highest BCUT2D eigenvalue weighted by molar-refractivity contribution is 5.74. The average molecular weight is 238 g/mol. The molecule has 0 radical (unpaired) electrons. The Labute approximate surface area is 107 Å². The third kappa shape index (κ3) is 2.86. The maximum absolute atomic E-state index is 10.6. The fourth-order valence-electron chi connectivity index (χ4n) is 1.67. The fourth-order valence-corrected chi connectivity index (χ4v) is 1.67. The van der Waals surface area contributed by atoms with Crippen LogP contribution < -0.4 is 4.74 Å². The molecule has 0 aliphatic rings. The highest BCUT2D eigenvalue weighted by atomic mass is 16.5. The molecule has 90 valence electrons. The molecule has 2 nitrogen and oxygen atoms in total. The van der Waals surface area contributed by atoms with Gasteiger partial charge in [0.2, 0.25) is 0 Å². The van der Waals surface area contributed by atoms with Gasteiger partial charge in [-0.15, -0.1) is 0 Å². The molecule has 2 heteroatoms. The van der Waals surface area contributed by atoms with E-state index in [2.05, 4.69) is 6.58 Å². The monoisotopic (exact) mass is 238 g/mol. The lowest BCUT2D eigenvalue weighted by molar-refractivity contribution is 0.112. The van der Waals surface area contributed by atoms with Crippen LogP contribution in [-0.2, 0) is 0 Å². The van der Waals surface area contributed by atoms with Crippen LogP contribution in [0.2, 0.25) is 0 Å². The Morgan fingerprint density at radius 1 is 1.00 bits per heavy atom.